The molecular weight excluding hydrogens is 212 g/mol. The molecule has 3 nitrogen and oxygen atoms in total. The Morgan fingerprint density at radius 2 is 2.18 bits per heavy atom. The summed E-state index contributed by atoms with van der Waals surface area (Å²) in [6.07, 6.45) is 4.11. The number of hydrogen-bond donors (Lipinski definition) is 1. The summed E-state index contributed by atoms with van der Waals surface area (Å²) in [5.74, 6) is 2.42. The van der Waals surface area contributed by atoms with Gasteiger partial charge in [-0.25, -0.2) is 4.98 Å². The van der Waals surface area contributed by atoms with Crippen molar-refractivity contribution in [3.8, 4) is 5.75 Å². The fraction of sp³-hybridized carbons (Fsp3) is 0.500. The highest BCUT2D eigenvalue weighted by atomic mass is 16.5. The second-order valence-corrected chi connectivity index (χ2v) is 5.13. The molecule has 1 saturated carbocycles. The zero-order chi connectivity index (χ0) is 11.8. The van der Waals surface area contributed by atoms with Crippen LogP contribution in [0.3, 0.4) is 0 Å². The van der Waals surface area contributed by atoms with E-state index < -0.39 is 0 Å². The van der Waals surface area contributed by atoms with E-state index in [1.807, 2.05) is 12.1 Å². The molecule has 2 aromatic rings. The summed E-state index contributed by atoms with van der Waals surface area (Å²) in [6.45, 7) is 4.28. The monoisotopic (exact) mass is 230 g/mol. The molecule has 3 heteroatoms. The predicted molar refractivity (Wildman–Crippen MR) is 68.4 cm³/mol. The first kappa shape index (κ1) is 10.6. The Labute approximate surface area is 101 Å². The lowest BCUT2D eigenvalue weighted by Crippen LogP contribution is -2.24. The molecule has 1 heterocycles. The first-order valence-corrected chi connectivity index (χ1v) is 6.38. The molecule has 90 valence electrons. The zero-order valence-corrected chi connectivity index (χ0v) is 10.4. The Bertz CT molecular complexity index is 526. The van der Waals surface area contributed by atoms with Gasteiger partial charge in [0.2, 0.25) is 0 Å². The standard InChI is InChI=1S/C14H18N2O/c1-9(2)14-15-12-7-6-11(8-13(12)16-14)17-10-4-3-5-10/h6-10H,3-5H2,1-2H3,(H,15,16). The molecule has 0 bridgehead atoms. The van der Waals surface area contributed by atoms with Gasteiger partial charge in [-0.3, -0.25) is 0 Å². The first-order valence-electron chi connectivity index (χ1n) is 6.38. The van der Waals surface area contributed by atoms with Crippen LogP contribution in [0.5, 0.6) is 5.75 Å². The maximum atomic E-state index is 5.87. The van der Waals surface area contributed by atoms with Crippen LogP contribution in [0, 0.1) is 0 Å². The van der Waals surface area contributed by atoms with Crippen LogP contribution < -0.4 is 4.74 Å². The van der Waals surface area contributed by atoms with Crippen molar-refractivity contribution in [3.63, 3.8) is 0 Å². The van der Waals surface area contributed by atoms with E-state index >= 15 is 0 Å². The number of nitrogens with one attached hydrogen (secondary N) is 1. The smallest absolute Gasteiger partial charge is 0.122 e. The van der Waals surface area contributed by atoms with E-state index in [9.17, 15) is 0 Å². The highest BCUT2D eigenvalue weighted by Crippen LogP contribution is 2.27. The van der Waals surface area contributed by atoms with Crippen LogP contribution in [0.25, 0.3) is 11.0 Å². The molecule has 1 fully saturated rings. The zero-order valence-electron chi connectivity index (χ0n) is 10.4. The summed E-state index contributed by atoms with van der Waals surface area (Å²) >= 11 is 0. The number of rotatable bonds is 3. The van der Waals surface area contributed by atoms with Crippen LogP contribution >= 0.6 is 0 Å². The molecule has 1 aliphatic rings. The van der Waals surface area contributed by atoms with Gasteiger partial charge in [0, 0.05) is 12.0 Å². The third-order valence-corrected chi connectivity index (χ3v) is 3.37. The molecule has 0 amide bonds. The quantitative estimate of drug-likeness (QED) is 0.874. The number of ether oxygens (including phenoxy) is 1. The average Bonchev–Trinajstić information content (AvgIpc) is 2.66. The minimum Gasteiger partial charge on any atom is -0.490 e. The van der Waals surface area contributed by atoms with E-state index in [1.54, 1.807) is 0 Å². The molecule has 1 N–H and O–H groups in total. The number of imidazole rings is 1. The average molecular weight is 230 g/mol. The molecular formula is C14H18N2O. The van der Waals surface area contributed by atoms with Crippen LogP contribution in [-0.2, 0) is 0 Å². The van der Waals surface area contributed by atoms with Crippen molar-refractivity contribution in [2.75, 3.05) is 0 Å². The van der Waals surface area contributed by atoms with Crippen molar-refractivity contribution in [2.45, 2.75) is 45.1 Å². The van der Waals surface area contributed by atoms with Gasteiger partial charge in [-0.15, -0.1) is 0 Å². The highest BCUT2D eigenvalue weighted by Gasteiger charge is 2.19. The lowest BCUT2D eigenvalue weighted by molar-refractivity contribution is 0.120. The van der Waals surface area contributed by atoms with Gasteiger partial charge in [0.1, 0.15) is 11.6 Å². The van der Waals surface area contributed by atoms with E-state index in [1.165, 1.54) is 19.3 Å². The third-order valence-electron chi connectivity index (χ3n) is 3.37. The van der Waals surface area contributed by atoms with Crippen LogP contribution in [0.2, 0.25) is 0 Å². The summed E-state index contributed by atoms with van der Waals surface area (Å²) < 4.78 is 5.87. The lowest BCUT2D eigenvalue weighted by atomic mass is 9.96. The Balaban J connectivity index is 1.89. The molecule has 0 aliphatic heterocycles. The van der Waals surface area contributed by atoms with Crippen molar-refractivity contribution in [3.05, 3.63) is 24.0 Å². The predicted octanol–water partition coefficient (Wildman–Crippen LogP) is 3.62. The number of aromatic nitrogens is 2. The number of nitrogens with zero attached hydrogens (tertiary/aromatic N) is 1. The molecule has 3 rings (SSSR count). The maximum absolute atomic E-state index is 5.87. The summed E-state index contributed by atoms with van der Waals surface area (Å²) in [5, 5.41) is 0. The number of fused-ring (bicyclic) bond motifs is 1. The summed E-state index contributed by atoms with van der Waals surface area (Å²) in [6, 6.07) is 6.13. The lowest BCUT2D eigenvalue weighted by Gasteiger charge is -2.26. The molecule has 1 aromatic carbocycles. The molecule has 1 aromatic heterocycles. The van der Waals surface area contributed by atoms with Gasteiger partial charge in [0.05, 0.1) is 17.1 Å². The fourth-order valence-electron chi connectivity index (χ4n) is 2.03. The van der Waals surface area contributed by atoms with Crippen LogP contribution in [0.15, 0.2) is 18.2 Å². The van der Waals surface area contributed by atoms with E-state index in [-0.39, 0.29) is 0 Å². The molecule has 0 unspecified atom stereocenters. The largest absolute Gasteiger partial charge is 0.490 e. The molecule has 0 spiro atoms. The summed E-state index contributed by atoms with van der Waals surface area (Å²) in [5.41, 5.74) is 2.10. The Morgan fingerprint density at radius 1 is 1.35 bits per heavy atom. The van der Waals surface area contributed by atoms with E-state index in [0.717, 1.165) is 22.6 Å². The number of benzene rings is 1. The number of hydrogen-bond acceptors (Lipinski definition) is 2. The van der Waals surface area contributed by atoms with Crippen molar-refractivity contribution in [2.24, 2.45) is 0 Å². The first-order chi connectivity index (χ1) is 8.22. The van der Waals surface area contributed by atoms with Crippen molar-refractivity contribution in [1.82, 2.24) is 9.97 Å². The van der Waals surface area contributed by atoms with Gasteiger partial charge in [0.15, 0.2) is 0 Å². The normalized spacial score (nSPS) is 16.4. The van der Waals surface area contributed by atoms with Crippen molar-refractivity contribution < 1.29 is 4.74 Å². The van der Waals surface area contributed by atoms with E-state index in [4.69, 9.17) is 4.74 Å². The summed E-state index contributed by atoms with van der Waals surface area (Å²) in [7, 11) is 0. The van der Waals surface area contributed by atoms with Crippen LogP contribution in [0.1, 0.15) is 44.9 Å². The fourth-order valence-corrected chi connectivity index (χ4v) is 2.03. The molecule has 0 atom stereocenters. The van der Waals surface area contributed by atoms with Crippen molar-refractivity contribution >= 4 is 11.0 Å². The molecule has 0 radical (unpaired) electrons. The van der Waals surface area contributed by atoms with E-state index in [2.05, 4.69) is 29.9 Å². The highest BCUT2D eigenvalue weighted by molar-refractivity contribution is 5.76. The van der Waals surface area contributed by atoms with Gasteiger partial charge < -0.3 is 9.72 Å². The van der Waals surface area contributed by atoms with E-state index in [0.29, 0.717) is 12.0 Å². The minimum atomic E-state index is 0.427. The second-order valence-electron chi connectivity index (χ2n) is 5.13. The SMILES string of the molecule is CC(C)c1nc2cc(OC3CCC3)ccc2[nH]1. The summed E-state index contributed by atoms with van der Waals surface area (Å²) in [4.78, 5) is 7.93. The Morgan fingerprint density at radius 3 is 2.82 bits per heavy atom. The molecule has 1 aliphatic carbocycles. The second kappa shape index (κ2) is 4.06. The number of H-pyrrole nitrogens is 1. The third kappa shape index (κ3) is 2.02. The van der Waals surface area contributed by atoms with Crippen LogP contribution in [-0.4, -0.2) is 16.1 Å². The molecule has 0 saturated heterocycles. The van der Waals surface area contributed by atoms with Gasteiger partial charge >= 0.3 is 0 Å². The minimum absolute atomic E-state index is 0.427. The van der Waals surface area contributed by atoms with Gasteiger partial charge in [-0.2, -0.15) is 0 Å². The van der Waals surface area contributed by atoms with Gasteiger partial charge in [-0.05, 0) is 31.4 Å². The van der Waals surface area contributed by atoms with Crippen LogP contribution in [0.4, 0.5) is 0 Å². The number of aromatic amines is 1. The topological polar surface area (TPSA) is 37.9 Å². The Hall–Kier alpha value is -1.51. The maximum Gasteiger partial charge on any atom is 0.122 e. The Kier molecular flexibility index (Phi) is 2.54. The molecule has 17 heavy (non-hydrogen) atoms. The van der Waals surface area contributed by atoms with Gasteiger partial charge in [-0.1, -0.05) is 13.8 Å². The van der Waals surface area contributed by atoms with Crippen molar-refractivity contribution in [1.29, 1.82) is 0 Å². The van der Waals surface area contributed by atoms with Gasteiger partial charge in [0.25, 0.3) is 0 Å².